The second kappa shape index (κ2) is 8.28. The summed E-state index contributed by atoms with van der Waals surface area (Å²) in [5.74, 6) is 0. The van der Waals surface area contributed by atoms with Gasteiger partial charge in [-0.3, -0.25) is 4.57 Å². The Morgan fingerprint density at radius 3 is 2.85 bits per heavy atom. The van der Waals surface area contributed by atoms with Crippen molar-refractivity contribution < 1.29 is 9.47 Å². The van der Waals surface area contributed by atoms with E-state index < -0.39 is 0 Å². The van der Waals surface area contributed by atoms with Gasteiger partial charge in [-0.1, -0.05) is 6.08 Å². The summed E-state index contributed by atoms with van der Waals surface area (Å²) >= 11 is 0. The summed E-state index contributed by atoms with van der Waals surface area (Å²) in [6.45, 7) is 4.14. The monoisotopic (exact) mass is 445 g/mol. The standard InChI is InChI=1S/C25H27N5O3/c1-16-11-26-23-21(16)9-17(12-27-23)18-10-22-24(28-13-18)30(19-5-3-2-4-6-19)25(31)29(22)14-20-15-32-7-8-33-20/h5,9-13,20H,2-4,6-8,14-15H2,1H3,(H,26,27)/t20-/m0/s1. The number of allylic oxidation sites excluding steroid dienone is 2. The number of nitrogens with zero attached hydrogens (tertiary/aromatic N) is 4. The molecule has 4 aromatic heterocycles. The molecule has 4 aromatic rings. The van der Waals surface area contributed by atoms with E-state index in [0.717, 1.165) is 64.6 Å². The molecule has 2 aliphatic rings. The van der Waals surface area contributed by atoms with Gasteiger partial charge in [-0.05, 0) is 50.3 Å². The van der Waals surface area contributed by atoms with Crippen LogP contribution in [0.1, 0.15) is 31.2 Å². The lowest BCUT2D eigenvalue weighted by Crippen LogP contribution is -2.36. The molecule has 0 amide bonds. The molecule has 33 heavy (non-hydrogen) atoms. The summed E-state index contributed by atoms with van der Waals surface area (Å²) in [6.07, 6.45) is 11.8. The SMILES string of the molecule is Cc1c[nH]c2ncc(-c3cnc4c(c3)n(C[C@H]3COCCO3)c(=O)n4C3=CCCCC3)cc12. The van der Waals surface area contributed by atoms with Crippen LogP contribution >= 0.6 is 0 Å². The molecule has 1 aliphatic carbocycles. The number of ether oxygens (including phenoxy) is 2. The number of aryl methyl sites for hydroxylation is 1. The minimum Gasteiger partial charge on any atom is -0.376 e. The highest BCUT2D eigenvalue weighted by Crippen LogP contribution is 2.29. The van der Waals surface area contributed by atoms with Crippen LogP contribution in [0.25, 0.3) is 39.0 Å². The number of imidazole rings is 1. The quantitative estimate of drug-likeness (QED) is 0.515. The lowest BCUT2D eigenvalue weighted by molar-refractivity contribution is -0.0935. The molecule has 0 radical (unpaired) electrons. The van der Waals surface area contributed by atoms with Gasteiger partial charge in [0.2, 0.25) is 0 Å². The van der Waals surface area contributed by atoms with Crippen molar-refractivity contribution in [3.8, 4) is 11.1 Å². The third-order valence-electron chi connectivity index (χ3n) is 6.67. The molecule has 1 atom stereocenters. The Bertz CT molecular complexity index is 1420. The number of aromatic nitrogens is 5. The zero-order valence-electron chi connectivity index (χ0n) is 18.7. The molecule has 0 bridgehead atoms. The van der Waals surface area contributed by atoms with Crippen molar-refractivity contribution in [2.45, 2.75) is 45.3 Å². The topological polar surface area (TPSA) is 87.0 Å². The number of fused-ring (bicyclic) bond motifs is 2. The third kappa shape index (κ3) is 3.59. The average Bonchev–Trinajstić information content (AvgIpc) is 3.36. The van der Waals surface area contributed by atoms with Gasteiger partial charge in [0.25, 0.3) is 0 Å². The van der Waals surface area contributed by atoms with E-state index >= 15 is 0 Å². The van der Waals surface area contributed by atoms with Crippen LogP contribution in [0.15, 0.2) is 41.6 Å². The van der Waals surface area contributed by atoms with Gasteiger partial charge in [0, 0.05) is 40.8 Å². The highest BCUT2D eigenvalue weighted by Gasteiger charge is 2.23. The summed E-state index contributed by atoms with van der Waals surface area (Å²) in [6, 6.07) is 4.18. The fourth-order valence-electron chi connectivity index (χ4n) is 4.89. The van der Waals surface area contributed by atoms with Crippen LogP contribution in [0.4, 0.5) is 0 Å². The molecule has 6 rings (SSSR count). The normalized spacial score (nSPS) is 19.3. The number of H-pyrrole nitrogens is 1. The van der Waals surface area contributed by atoms with Gasteiger partial charge >= 0.3 is 5.69 Å². The summed E-state index contributed by atoms with van der Waals surface area (Å²) in [4.78, 5) is 26.2. The van der Waals surface area contributed by atoms with E-state index in [1.807, 2.05) is 18.6 Å². The average molecular weight is 446 g/mol. The molecule has 8 heteroatoms. The molecule has 1 aliphatic heterocycles. The fourth-order valence-corrected chi connectivity index (χ4v) is 4.89. The van der Waals surface area contributed by atoms with Crippen molar-refractivity contribution in [2.75, 3.05) is 19.8 Å². The van der Waals surface area contributed by atoms with Gasteiger partial charge < -0.3 is 14.5 Å². The van der Waals surface area contributed by atoms with Crippen LogP contribution < -0.4 is 5.69 Å². The molecule has 0 unspecified atom stereocenters. The number of rotatable bonds is 4. The van der Waals surface area contributed by atoms with Gasteiger partial charge in [0.1, 0.15) is 5.65 Å². The van der Waals surface area contributed by atoms with Crippen molar-refractivity contribution >= 4 is 27.9 Å². The van der Waals surface area contributed by atoms with Crippen molar-refractivity contribution in [1.82, 2.24) is 24.1 Å². The van der Waals surface area contributed by atoms with Crippen LogP contribution in [0.2, 0.25) is 0 Å². The molecule has 1 fully saturated rings. The number of nitrogens with one attached hydrogen (secondary N) is 1. The minimum absolute atomic E-state index is 0.0629. The molecule has 5 heterocycles. The van der Waals surface area contributed by atoms with Gasteiger partial charge in [0.05, 0.1) is 38.0 Å². The van der Waals surface area contributed by atoms with E-state index in [1.54, 1.807) is 9.13 Å². The largest absolute Gasteiger partial charge is 0.376 e. The first-order valence-corrected chi connectivity index (χ1v) is 11.6. The molecule has 170 valence electrons. The maximum atomic E-state index is 13.6. The first-order chi connectivity index (χ1) is 16.2. The Morgan fingerprint density at radius 1 is 1.15 bits per heavy atom. The van der Waals surface area contributed by atoms with E-state index in [0.29, 0.717) is 32.0 Å². The van der Waals surface area contributed by atoms with Gasteiger partial charge in [-0.15, -0.1) is 0 Å². The first-order valence-electron chi connectivity index (χ1n) is 11.6. The molecule has 1 saturated heterocycles. The zero-order chi connectivity index (χ0) is 22.4. The van der Waals surface area contributed by atoms with Crippen LogP contribution in [-0.2, 0) is 16.0 Å². The maximum absolute atomic E-state index is 13.6. The smallest absolute Gasteiger partial charge is 0.334 e. The summed E-state index contributed by atoms with van der Waals surface area (Å²) in [5.41, 5.74) is 6.41. The molecular weight excluding hydrogens is 418 g/mol. The lowest BCUT2D eigenvalue weighted by atomic mass is 10.0. The van der Waals surface area contributed by atoms with E-state index in [2.05, 4.69) is 35.1 Å². The van der Waals surface area contributed by atoms with E-state index in [-0.39, 0.29) is 11.8 Å². The van der Waals surface area contributed by atoms with Crippen molar-refractivity contribution in [3.63, 3.8) is 0 Å². The van der Waals surface area contributed by atoms with Crippen LogP contribution in [0, 0.1) is 6.92 Å². The first kappa shape index (κ1) is 20.4. The van der Waals surface area contributed by atoms with Crippen LogP contribution in [0.3, 0.4) is 0 Å². The van der Waals surface area contributed by atoms with E-state index in [4.69, 9.17) is 14.5 Å². The molecular formula is C25H27N5O3. The molecule has 0 spiro atoms. The second-order valence-corrected chi connectivity index (χ2v) is 8.90. The van der Waals surface area contributed by atoms with Crippen molar-refractivity contribution in [1.29, 1.82) is 0 Å². The van der Waals surface area contributed by atoms with Gasteiger partial charge in [0.15, 0.2) is 5.65 Å². The Balaban J connectivity index is 1.50. The number of aromatic amines is 1. The summed E-state index contributed by atoms with van der Waals surface area (Å²) in [5, 5.41) is 1.09. The Hall–Kier alpha value is -3.23. The molecule has 1 N–H and O–H groups in total. The highest BCUT2D eigenvalue weighted by atomic mass is 16.6. The lowest BCUT2D eigenvalue weighted by Gasteiger charge is -2.23. The number of hydrogen-bond donors (Lipinski definition) is 1. The highest BCUT2D eigenvalue weighted by molar-refractivity contribution is 5.87. The van der Waals surface area contributed by atoms with E-state index in [9.17, 15) is 4.79 Å². The number of hydrogen-bond acceptors (Lipinski definition) is 5. The maximum Gasteiger partial charge on any atom is 0.334 e. The zero-order valence-corrected chi connectivity index (χ0v) is 18.7. The summed E-state index contributed by atoms with van der Waals surface area (Å²) in [7, 11) is 0. The predicted molar refractivity (Wildman–Crippen MR) is 127 cm³/mol. The Morgan fingerprint density at radius 2 is 2.03 bits per heavy atom. The minimum atomic E-state index is -0.153. The Kier molecular flexibility index (Phi) is 5.11. The van der Waals surface area contributed by atoms with Crippen LogP contribution in [0.5, 0.6) is 0 Å². The second-order valence-electron chi connectivity index (χ2n) is 8.90. The summed E-state index contributed by atoms with van der Waals surface area (Å²) < 4.78 is 15.0. The predicted octanol–water partition coefficient (Wildman–Crippen LogP) is 3.88. The number of pyridine rings is 2. The molecule has 0 aromatic carbocycles. The van der Waals surface area contributed by atoms with Crippen molar-refractivity contribution in [2.24, 2.45) is 0 Å². The van der Waals surface area contributed by atoms with E-state index in [1.165, 1.54) is 0 Å². The van der Waals surface area contributed by atoms with Gasteiger partial charge in [-0.2, -0.15) is 0 Å². The van der Waals surface area contributed by atoms with Crippen LogP contribution in [-0.4, -0.2) is 50.0 Å². The molecule has 0 saturated carbocycles. The Labute approximate surface area is 190 Å². The third-order valence-corrected chi connectivity index (χ3v) is 6.67. The molecule has 8 nitrogen and oxygen atoms in total. The fraction of sp³-hybridized carbons (Fsp3) is 0.400. The van der Waals surface area contributed by atoms with Gasteiger partial charge in [-0.25, -0.2) is 19.3 Å². The van der Waals surface area contributed by atoms with Crippen molar-refractivity contribution in [3.05, 3.63) is 52.8 Å².